The molecule has 0 saturated heterocycles. The third-order valence-corrected chi connectivity index (χ3v) is 3.69. The summed E-state index contributed by atoms with van der Waals surface area (Å²) in [7, 11) is 0. The fourth-order valence-corrected chi connectivity index (χ4v) is 2.30. The summed E-state index contributed by atoms with van der Waals surface area (Å²) in [5.74, 6) is -0.476. The fraction of sp³-hybridized carbons (Fsp3) is 0.353. The Labute approximate surface area is 145 Å². The lowest BCUT2D eigenvalue weighted by Crippen LogP contribution is -2.45. The van der Waals surface area contributed by atoms with Crippen molar-refractivity contribution in [3.05, 3.63) is 52.4 Å². The van der Waals surface area contributed by atoms with Gasteiger partial charge in [-0.2, -0.15) is 0 Å². The zero-order valence-electron chi connectivity index (χ0n) is 13.7. The summed E-state index contributed by atoms with van der Waals surface area (Å²) in [6, 6.07) is 7.54. The Hall–Kier alpha value is -2.34. The molecule has 1 heterocycles. The number of benzene rings is 1. The van der Waals surface area contributed by atoms with Gasteiger partial charge >= 0.3 is 5.97 Å². The van der Waals surface area contributed by atoms with Crippen molar-refractivity contribution in [3.63, 3.8) is 0 Å². The number of carbonyl (C=O) groups is 2. The second-order valence-electron chi connectivity index (χ2n) is 5.71. The summed E-state index contributed by atoms with van der Waals surface area (Å²) in [6.07, 6.45) is 0. The molecule has 2 rings (SSSR count). The maximum Gasteiger partial charge on any atom is 0.329 e. The molecule has 24 heavy (non-hydrogen) atoms. The quantitative estimate of drug-likeness (QED) is 0.809. The van der Waals surface area contributed by atoms with Crippen LogP contribution in [-0.4, -0.2) is 23.1 Å². The fourth-order valence-electron chi connectivity index (χ4n) is 2.08. The van der Waals surface area contributed by atoms with Gasteiger partial charge in [0.05, 0.1) is 10.6 Å². The maximum atomic E-state index is 12.3. The molecule has 128 valence electrons. The van der Waals surface area contributed by atoms with Crippen molar-refractivity contribution in [3.8, 4) is 0 Å². The van der Waals surface area contributed by atoms with Crippen LogP contribution in [0.4, 0.5) is 0 Å². The highest BCUT2D eigenvalue weighted by molar-refractivity contribution is 6.33. The smallest absolute Gasteiger partial charge is 0.329 e. The van der Waals surface area contributed by atoms with Gasteiger partial charge in [0.25, 0.3) is 5.91 Å². The van der Waals surface area contributed by atoms with Gasteiger partial charge in [-0.1, -0.05) is 42.7 Å². The number of ether oxygens (including phenoxy) is 1. The van der Waals surface area contributed by atoms with E-state index in [1.54, 1.807) is 37.3 Å². The summed E-state index contributed by atoms with van der Waals surface area (Å²) in [5.41, 5.74) is 0.825. The van der Waals surface area contributed by atoms with Gasteiger partial charge in [0.15, 0.2) is 0 Å². The van der Waals surface area contributed by atoms with Gasteiger partial charge in [-0.25, -0.2) is 4.79 Å². The van der Waals surface area contributed by atoms with Gasteiger partial charge in [0, 0.05) is 6.07 Å². The van der Waals surface area contributed by atoms with Crippen molar-refractivity contribution in [1.29, 1.82) is 0 Å². The van der Waals surface area contributed by atoms with E-state index in [0.717, 1.165) is 0 Å². The van der Waals surface area contributed by atoms with Crippen molar-refractivity contribution in [2.45, 2.75) is 33.4 Å². The second-order valence-corrected chi connectivity index (χ2v) is 6.12. The minimum absolute atomic E-state index is 0.0125. The molecule has 1 amide bonds. The average Bonchev–Trinajstić information content (AvgIpc) is 2.95. The normalized spacial score (nSPS) is 12.0. The largest absolute Gasteiger partial charge is 0.458 e. The van der Waals surface area contributed by atoms with Crippen LogP contribution >= 0.6 is 11.6 Å². The second kappa shape index (κ2) is 7.97. The Morgan fingerprint density at radius 1 is 1.33 bits per heavy atom. The van der Waals surface area contributed by atoms with E-state index in [-0.39, 0.29) is 12.5 Å². The monoisotopic (exact) mass is 350 g/mol. The molecule has 0 aliphatic carbocycles. The van der Waals surface area contributed by atoms with E-state index in [1.807, 2.05) is 13.8 Å². The Balaban J connectivity index is 2.01. The number of amides is 1. The SMILES string of the molecule is Cc1cc(COC(=O)[C@@H](NC(=O)c2ccccc2Cl)C(C)C)no1. The molecule has 0 bridgehead atoms. The Bertz CT molecular complexity index is 727. The van der Waals surface area contributed by atoms with Gasteiger partial charge in [0.1, 0.15) is 24.1 Å². The summed E-state index contributed by atoms with van der Waals surface area (Å²) >= 11 is 6.01. The first-order valence-corrected chi connectivity index (χ1v) is 7.90. The predicted molar refractivity (Wildman–Crippen MR) is 88.6 cm³/mol. The standard InChI is InChI=1S/C17H19ClN2O4/c1-10(2)15(17(22)23-9-12-8-11(3)24-20-12)19-16(21)13-6-4-5-7-14(13)18/h4-8,10,15H,9H2,1-3H3,(H,19,21)/t15-/m0/s1. The molecule has 6 nitrogen and oxygen atoms in total. The number of carbonyl (C=O) groups excluding carboxylic acids is 2. The molecule has 0 radical (unpaired) electrons. The van der Waals surface area contributed by atoms with Gasteiger partial charge in [-0.05, 0) is 25.0 Å². The van der Waals surface area contributed by atoms with Crippen molar-refractivity contribution in [1.82, 2.24) is 10.5 Å². The number of esters is 1. The molecule has 1 aromatic heterocycles. The third-order valence-electron chi connectivity index (χ3n) is 3.36. The topological polar surface area (TPSA) is 81.4 Å². The van der Waals surface area contributed by atoms with Crippen LogP contribution in [0.5, 0.6) is 0 Å². The number of hydrogen-bond acceptors (Lipinski definition) is 5. The molecule has 0 fully saturated rings. The number of halogens is 1. The van der Waals surface area contributed by atoms with Gasteiger partial charge in [-0.3, -0.25) is 4.79 Å². The van der Waals surface area contributed by atoms with Crippen LogP contribution in [0.1, 0.15) is 35.7 Å². The highest BCUT2D eigenvalue weighted by Crippen LogP contribution is 2.16. The van der Waals surface area contributed by atoms with Crippen LogP contribution < -0.4 is 5.32 Å². The lowest BCUT2D eigenvalue weighted by atomic mass is 10.0. The molecule has 1 N–H and O–H groups in total. The number of nitrogens with zero attached hydrogens (tertiary/aromatic N) is 1. The van der Waals surface area contributed by atoms with Crippen LogP contribution in [0.2, 0.25) is 5.02 Å². The van der Waals surface area contributed by atoms with Crippen molar-refractivity contribution < 1.29 is 18.8 Å². The van der Waals surface area contributed by atoms with E-state index in [0.29, 0.717) is 22.0 Å². The first kappa shape index (κ1) is 18.0. The van der Waals surface area contributed by atoms with Crippen LogP contribution in [0.15, 0.2) is 34.9 Å². The van der Waals surface area contributed by atoms with Crippen LogP contribution in [0, 0.1) is 12.8 Å². The molecule has 7 heteroatoms. The van der Waals surface area contributed by atoms with E-state index in [9.17, 15) is 9.59 Å². The Morgan fingerprint density at radius 2 is 2.04 bits per heavy atom. The summed E-state index contributed by atoms with van der Waals surface area (Å²) in [5, 5.41) is 6.75. The zero-order valence-corrected chi connectivity index (χ0v) is 14.5. The molecule has 0 aliphatic heterocycles. The van der Waals surface area contributed by atoms with E-state index in [1.165, 1.54) is 0 Å². The minimum Gasteiger partial charge on any atom is -0.458 e. The lowest BCUT2D eigenvalue weighted by molar-refractivity contribution is -0.148. The molecular formula is C17H19ClN2O4. The summed E-state index contributed by atoms with van der Waals surface area (Å²) in [6.45, 7) is 5.37. The first-order valence-electron chi connectivity index (χ1n) is 7.52. The minimum atomic E-state index is -0.790. The van der Waals surface area contributed by atoms with E-state index < -0.39 is 17.9 Å². The van der Waals surface area contributed by atoms with E-state index in [4.69, 9.17) is 20.9 Å². The molecule has 1 aromatic carbocycles. The average molecular weight is 351 g/mol. The lowest BCUT2D eigenvalue weighted by Gasteiger charge is -2.20. The van der Waals surface area contributed by atoms with E-state index in [2.05, 4.69) is 10.5 Å². The maximum absolute atomic E-state index is 12.3. The number of hydrogen-bond donors (Lipinski definition) is 1. The van der Waals surface area contributed by atoms with Crippen LogP contribution in [0.3, 0.4) is 0 Å². The Morgan fingerprint density at radius 3 is 2.62 bits per heavy atom. The van der Waals surface area contributed by atoms with E-state index >= 15 is 0 Å². The van der Waals surface area contributed by atoms with Crippen molar-refractivity contribution in [2.24, 2.45) is 5.92 Å². The summed E-state index contributed by atoms with van der Waals surface area (Å²) in [4.78, 5) is 24.6. The number of aromatic nitrogens is 1. The molecular weight excluding hydrogens is 332 g/mol. The molecule has 0 spiro atoms. The molecule has 0 aliphatic rings. The molecule has 0 unspecified atom stereocenters. The molecule has 0 saturated carbocycles. The number of nitrogens with one attached hydrogen (secondary N) is 1. The van der Waals surface area contributed by atoms with Crippen LogP contribution in [-0.2, 0) is 16.1 Å². The molecule has 2 aromatic rings. The van der Waals surface area contributed by atoms with Gasteiger partial charge in [0.2, 0.25) is 0 Å². The van der Waals surface area contributed by atoms with Crippen molar-refractivity contribution >= 4 is 23.5 Å². The number of aryl methyl sites for hydroxylation is 1. The summed E-state index contributed by atoms with van der Waals surface area (Å²) < 4.78 is 10.1. The molecule has 1 atom stereocenters. The number of rotatable bonds is 6. The van der Waals surface area contributed by atoms with Gasteiger partial charge in [-0.15, -0.1) is 0 Å². The zero-order chi connectivity index (χ0) is 17.7. The highest BCUT2D eigenvalue weighted by Gasteiger charge is 2.27. The van der Waals surface area contributed by atoms with Gasteiger partial charge < -0.3 is 14.6 Å². The predicted octanol–water partition coefficient (Wildman–Crippen LogP) is 3.13. The third kappa shape index (κ3) is 4.58. The van der Waals surface area contributed by atoms with Crippen LogP contribution in [0.25, 0.3) is 0 Å². The highest BCUT2D eigenvalue weighted by atomic mass is 35.5. The first-order chi connectivity index (χ1) is 11.4. The Kier molecular flexibility index (Phi) is 5.98. The van der Waals surface area contributed by atoms with Crippen molar-refractivity contribution in [2.75, 3.05) is 0 Å².